The molecule has 0 amide bonds. The Morgan fingerprint density at radius 3 is 2.78 bits per heavy atom. The van der Waals surface area contributed by atoms with Gasteiger partial charge in [-0.2, -0.15) is 0 Å². The smallest absolute Gasteiger partial charge is 0.311 e. The maximum atomic E-state index is 11.2. The van der Waals surface area contributed by atoms with Gasteiger partial charge in [-0.25, -0.2) is 0 Å². The second kappa shape index (κ2) is 8.08. The normalized spacial score (nSPS) is 12.3. The van der Waals surface area contributed by atoms with Crippen LogP contribution in [0.5, 0.6) is 0 Å². The fraction of sp³-hybridized carbons (Fsp3) is 0.462. The summed E-state index contributed by atoms with van der Waals surface area (Å²) >= 11 is 5.86. The number of hydrogen-bond acceptors (Lipinski definition) is 3. The van der Waals surface area contributed by atoms with Crippen LogP contribution in [0.2, 0.25) is 5.02 Å². The number of benzene rings is 1. The lowest BCUT2D eigenvalue weighted by Crippen LogP contribution is -2.15. The van der Waals surface area contributed by atoms with Gasteiger partial charge in [0.1, 0.15) is 0 Å². The quantitative estimate of drug-likeness (QED) is 0.739. The molecule has 18 heavy (non-hydrogen) atoms. The molecule has 1 N–H and O–H groups in total. The van der Waals surface area contributed by atoms with Crippen LogP contribution in [0.15, 0.2) is 24.3 Å². The largest absolute Gasteiger partial charge is 0.481 e. The van der Waals surface area contributed by atoms with E-state index in [0.29, 0.717) is 36.8 Å². The lowest BCUT2D eigenvalue weighted by Gasteiger charge is -2.13. The first-order valence-corrected chi connectivity index (χ1v) is 6.08. The van der Waals surface area contributed by atoms with E-state index in [1.807, 2.05) is 0 Å². The standard InChI is InChI=1S/C13H17ClO4/c1-17-7-8-18-6-5-12(13(15)16)10-3-2-4-11(14)9-10/h2-4,9,12H,5-8H2,1H3,(H,15,16). The van der Waals surface area contributed by atoms with E-state index in [4.69, 9.17) is 21.1 Å². The Morgan fingerprint density at radius 2 is 2.17 bits per heavy atom. The summed E-state index contributed by atoms with van der Waals surface area (Å²) < 4.78 is 10.1. The zero-order chi connectivity index (χ0) is 13.4. The Hall–Kier alpha value is -1.10. The molecule has 4 nitrogen and oxygen atoms in total. The van der Waals surface area contributed by atoms with Gasteiger partial charge in [-0.05, 0) is 24.1 Å². The van der Waals surface area contributed by atoms with Crippen molar-refractivity contribution in [3.05, 3.63) is 34.9 Å². The molecule has 0 spiro atoms. The van der Waals surface area contributed by atoms with Crippen LogP contribution in [0.25, 0.3) is 0 Å². The van der Waals surface area contributed by atoms with Gasteiger partial charge in [0.15, 0.2) is 0 Å². The van der Waals surface area contributed by atoms with Gasteiger partial charge in [0.2, 0.25) is 0 Å². The fourth-order valence-electron chi connectivity index (χ4n) is 1.60. The molecule has 0 aliphatic heterocycles. The van der Waals surface area contributed by atoms with Gasteiger partial charge >= 0.3 is 5.97 Å². The highest BCUT2D eigenvalue weighted by molar-refractivity contribution is 6.30. The monoisotopic (exact) mass is 272 g/mol. The molecule has 1 atom stereocenters. The average molecular weight is 273 g/mol. The number of carbonyl (C=O) groups is 1. The molecule has 100 valence electrons. The third-order valence-corrected chi connectivity index (χ3v) is 2.77. The topological polar surface area (TPSA) is 55.8 Å². The number of carboxylic acid groups (broad SMARTS) is 1. The molecule has 0 fully saturated rings. The molecular formula is C13H17ClO4. The van der Waals surface area contributed by atoms with Crippen LogP contribution in [-0.4, -0.2) is 38.0 Å². The predicted molar refractivity (Wildman–Crippen MR) is 69.1 cm³/mol. The van der Waals surface area contributed by atoms with Crippen LogP contribution < -0.4 is 0 Å². The van der Waals surface area contributed by atoms with Crippen molar-refractivity contribution >= 4 is 17.6 Å². The zero-order valence-corrected chi connectivity index (χ0v) is 11.0. The zero-order valence-electron chi connectivity index (χ0n) is 10.3. The van der Waals surface area contributed by atoms with E-state index in [-0.39, 0.29) is 0 Å². The third kappa shape index (κ3) is 5.04. The maximum Gasteiger partial charge on any atom is 0.311 e. The minimum atomic E-state index is -0.868. The molecule has 0 bridgehead atoms. The van der Waals surface area contributed by atoms with Crippen molar-refractivity contribution in [2.75, 3.05) is 26.9 Å². The lowest BCUT2D eigenvalue weighted by atomic mass is 9.96. The van der Waals surface area contributed by atoms with E-state index in [2.05, 4.69) is 0 Å². The molecule has 1 unspecified atom stereocenters. The minimum Gasteiger partial charge on any atom is -0.481 e. The second-order valence-corrected chi connectivity index (χ2v) is 4.28. The van der Waals surface area contributed by atoms with Crippen molar-refractivity contribution < 1.29 is 19.4 Å². The summed E-state index contributed by atoms with van der Waals surface area (Å²) in [6, 6.07) is 6.91. The lowest BCUT2D eigenvalue weighted by molar-refractivity contribution is -0.139. The van der Waals surface area contributed by atoms with Crippen LogP contribution in [0.3, 0.4) is 0 Å². The molecular weight excluding hydrogens is 256 g/mol. The number of rotatable bonds is 8. The molecule has 1 rings (SSSR count). The Bertz CT molecular complexity index is 381. The summed E-state index contributed by atoms with van der Waals surface area (Å²) in [5.41, 5.74) is 0.699. The summed E-state index contributed by atoms with van der Waals surface area (Å²) in [4.78, 5) is 11.2. The van der Waals surface area contributed by atoms with Gasteiger partial charge in [0, 0.05) is 18.7 Å². The molecule has 0 heterocycles. The first-order valence-electron chi connectivity index (χ1n) is 5.70. The molecule has 0 aliphatic carbocycles. The van der Waals surface area contributed by atoms with Crippen molar-refractivity contribution in [2.24, 2.45) is 0 Å². The second-order valence-electron chi connectivity index (χ2n) is 3.84. The summed E-state index contributed by atoms with van der Waals surface area (Å²) in [5, 5.41) is 9.74. The number of hydrogen-bond donors (Lipinski definition) is 1. The highest BCUT2D eigenvalue weighted by Crippen LogP contribution is 2.23. The number of carboxylic acids is 1. The molecule has 5 heteroatoms. The van der Waals surface area contributed by atoms with Crippen LogP contribution >= 0.6 is 11.6 Å². The molecule has 0 aromatic heterocycles. The number of aliphatic carboxylic acids is 1. The first-order chi connectivity index (χ1) is 8.65. The molecule has 0 aliphatic rings. The van der Waals surface area contributed by atoms with Crippen molar-refractivity contribution in [2.45, 2.75) is 12.3 Å². The molecule has 1 aromatic carbocycles. The van der Waals surface area contributed by atoms with E-state index < -0.39 is 11.9 Å². The van der Waals surface area contributed by atoms with E-state index in [0.717, 1.165) is 0 Å². The van der Waals surface area contributed by atoms with Crippen LogP contribution in [0.4, 0.5) is 0 Å². The molecule has 0 saturated carbocycles. The number of ether oxygens (including phenoxy) is 2. The Balaban J connectivity index is 2.53. The summed E-state index contributed by atoms with van der Waals surface area (Å²) in [7, 11) is 1.59. The van der Waals surface area contributed by atoms with Crippen molar-refractivity contribution in [1.82, 2.24) is 0 Å². The van der Waals surface area contributed by atoms with Crippen molar-refractivity contribution in [3.63, 3.8) is 0 Å². The van der Waals surface area contributed by atoms with E-state index in [1.165, 1.54) is 0 Å². The van der Waals surface area contributed by atoms with Gasteiger partial charge < -0.3 is 14.6 Å². The van der Waals surface area contributed by atoms with Crippen LogP contribution in [0, 0.1) is 0 Å². The van der Waals surface area contributed by atoms with Crippen LogP contribution in [-0.2, 0) is 14.3 Å². The fourth-order valence-corrected chi connectivity index (χ4v) is 1.80. The third-order valence-electron chi connectivity index (χ3n) is 2.53. The number of halogens is 1. The van der Waals surface area contributed by atoms with Gasteiger partial charge in [-0.1, -0.05) is 23.7 Å². The molecule has 0 saturated heterocycles. The predicted octanol–water partition coefficient (Wildman–Crippen LogP) is 2.56. The van der Waals surface area contributed by atoms with E-state index >= 15 is 0 Å². The highest BCUT2D eigenvalue weighted by Gasteiger charge is 2.19. The van der Waals surface area contributed by atoms with Gasteiger partial charge in [0.05, 0.1) is 19.1 Å². The Kier molecular flexibility index (Phi) is 6.72. The molecule has 0 radical (unpaired) electrons. The van der Waals surface area contributed by atoms with Crippen molar-refractivity contribution in [1.29, 1.82) is 0 Å². The van der Waals surface area contributed by atoms with Gasteiger partial charge in [0.25, 0.3) is 0 Å². The van der Waals surface area contributed by atoms with Crippen molar-refractivity contribution in [3.8, 4) is 0 Å². The highest BCUT2D eigenvalue weighted by atomic mass is 35.5. The average Bonchev–Trinajstić information content (AvgIpc) is 2.33. The Morgan fingerprint density at radius 1 is 1.39 bits per heavy atom. The van der Waals surface area contributed by atoms with Gasteiger partial charge in [-0.3, -0.25) is 4.79 Å². The molecule has 1 aromatic rings. The summed E-state index contributed by atoms with van der Waals surface area (Å²) in [6.07, 6.45) is 0.416. The SMILES string of the molecule is COCCOCCC(C(=O)O)c1cccc(Cl)c1. The van der Waals surface area contributed by atoms with Gasteiger partial charge in [-0.15, -0.1) is 0 Å². The van der Waals surface area contributed by atoms with E-state index in [1.54, 1.807) is 31.4 Å². The summed E-state index contributed by atoms with van der Waals surface area (Å²) in [5.74, 6) is -1.46. The maximum absolute atomic E-state index is 11.2. The number of methoxy groups -OCH3 is 1. The minimum absolute atomic E-state index is 0.382. The summed E-state index contributed by atoms with van der Waals surface area (Å²) in [6.45, 7) is 1.36. The first kappa shape index (κ1) is 15.0. The Labute approximate surface area is 111 Å². The van der Waals surface area contributed by atoms with E-state index in [9.17, 15) is 9.90 Å². The van der Waals surface area contributed by atoms with Crippen LogP contribution in [0.1, 0.15) is 17.9 Å².